The van der Waals surface area contributed by atoms with Gasteiger partial charge in [-0.3, -0.25) is 0 Å². The second kappa shape index (κ2) is 20.0. The molecule has 412 valence electrons. The molecule has 2 heterocycles. The Morgan fingerprint density at radius 1 is 0.430 bits per heavy atom. The van der Waals surface area contributed by atoms with Crippen LogP contribution in [-0.2, 0) is 28.4 Å². The van der Waals surface area contributed by atoms with Gasteiger partial charge in [0.15, 0.2) is 98.5 Å². The Morgan fingerprint density at radius 3 is 1.33 bits per heavy atom. The molecule has 2 aliphatic heterocycles. The number of aromatic hydroxyl groups is 17. The Kier molecular flexibility index (Phi) is 13.6. The molecule has 0 saturated carbocycles. The van der Waals surface area contributed by atoms with Crippen molar-refractivity contribution in [1.82, 2.24) is 0 Å². The predicted molar refractivity (Wildman–Crippen MR) is 245 cm³/mol. The van der Waals surface area contributed by atoms with Crippen LogP contribution in [0.3, 0.4) is 0 Å². The second-order valence-electron chi connectivity index (χ2n) is 16.6. The van der Waals surface area contributed by atoms with E-state index in [2.05, 4.69) is 0 Å². The normalized spacial score (nSPS) is 17.7. The Bertz CT molecular complexity index is 3550. The number of hydrogen-bond acceptors (Lipinski definition) is 30. The molecule has 0 spiro atoms. The molecular weight excluding hydrogens is 1070 g/mol. The lowest BCUT2D eigenvalue weighted by Gasteiger charge is -2.43. The van der Waals surface area contributed by atoms with Crippen LogP contribution in [0.2, 0.25) is 0 Å². The van der Waals surface area contributed by atoms with Crippen LogP contribution in [0.5, 0.6) is 109 Å². The minimum Gasteiger partial charge on any atom is -0.504 e. The number of phenolic OH excluding ortho intramolecular Hbond substituents is 17. The third-order valence-corrected chi connectivity index (χ3v) is 11.7. The molecule has 18 N–H and O–H groups in total. The average Bonchev–Trinajstić information content (AvgIpc) is 3.63. The molecule has 31 nitrogen and oxygen atoms in total. The van der Waals surface area contributed by atoms with Gasteiger partial charge in [-0.15, -0.1) is 0 Å². The van der Waals surface area contributed by atoms with Crippen molar-refractivity contribution >= 4 is 35.8 Å². The molecule has 79 heavy (non-hydrogen) atoms. The SMILES string of the molecule is O=C(O[C@@H]1O[C@@H]2COC(=O)c3cc(O)c(Oc4c(C(=O)O)cc(O)c(O)c4O)c(O)c3-c3c(cc(O)c(O)c3O)C(=O)O[C@H]2[C@H](OC(=O)c2cc(O)c(O)c(O)c2)[C@H]1OC(=O)c1cc(O)c(O)c(O)c1)c1cc(O)c(O)c(O)c1. The number of phenols is 17. The fourth-order valence-corrected chi connectivity index (χ4v) is 7.86. The topological polar surface area (TPSA) is 531 Å². The molecule has 1 saturated heterocycles. The van der Waals surface area contributed by atoms with E-state index in [0.717, 1.165) is 0 Å². The Hall–Kier alpha value is -11.5. The summed E-state index contributed by atoms with van der Waals surface area (Å²) in [5.41, 5.74) is -8.74. The van der Waals surface area contributed by atoms with Crippen LogP contribution in [-0.4, -0.2) is 165 Å². The van der Waals surface area contributed by atoms with Crippen LogP contribution in [0, 0.1) is 0 Å². The van der Waals surface area contributed by atoms with Gasteiger partial charge in [-0.2, -0.15) is 0 Å². The van der Waals surface area contributed by atoms with Gasteiger partial charge in [-0.05, 0) is 48.5 Å². The maximum Gasteiger partial charge on any atom is 0.340 e. The third kappa shape index (κ3) is 9.63. The van der Waals surface area contributed by atoms with Crippen LogP contribution < -0.4 is 4.74 Å². The van der Waals surface area contributed by atoms with Crippen LogP contribution >= 0.6 is 0 Å². The van der Waals surface area contributed by atoms with Crippen LogP contribution in [0.1, 0.15) is 62.1 Å². The molecule has 5 atom stereocenters. The quantitative estimate of drug-likeness (QED) is 0.0562. The molecule has 6 aromatic rings. The van der Waals surface area contributed by atoms with Gasteiger partial charge in [0.25, 0.3) is 0 Å². The minimum absolute atomic E-state index is 0.301. The van der Waals surface area contributed by atoms with Crippen LogP contribution in [0.25, 0.3) is 11.1 Å². The number of carboxylic acid groups (broad SMARTS) is 1. The summed E-state index contributed by atoms with van der Waals surface area (Å²) in [6, 6.07) is 4.00. The molecule has 2 aliphatic rings. The maximum atomic E-state index is 14.8. The maximum absolute atomic E-state index is 14.8. The molecule has 0 aromatic heterocycles. The summed E-state index contributed by atoms with van der Waals surface area (Å²) in [5, 5.41) is 188. The van der Waals surface area contributed by atoms with E-state index in [9.17, 15) is 121 Å². The highest BCUT2D eigenvalue weighted by molar-refractivity contribution is 6.08. The summed E-state index contributed by atoms with van der Waals surface area (Å²) < 4.78 is 39.0. The van der Waals surface area contributed by atoms with Crippen molar-refractivity contribution < 1.29 is 154 Å². The summed E-state index contributed by atoms with van der Waals surface area (Å²) in [6.07, 6.45) is -12.8. The molecule has 0 amide bonds. The predicted octanol–water partition coefficient (Wildman–Crippen LogP) is 2.57. The Balaban J connectivity index is 1.34. The summed E-state index contributed by atoms with van der Waals surface area (Å²) in [4.78, 5) is 83.3. The molecule has 6 aromatic carbocycles. The number of aromatic carboxylic acids is 1. The number of carbonyl (C=O) groups excluding carboxylic acids is 5. The van der Waals surface area contributed by atoms with Crippen molar-refractivity contribution in [2.45, 2.75) is 30.7 Å². The van der Waals surface area contributed by atoms with Crippen molar-refractivity contribution in [3.05, 3.63) is 88.0 Å². The van der Waals surface area contributed by atoms with E-state index in [1.807, 2.05) is 0 Å². The van der Waals surface area contributed by atoms with Crippen molar-refractivity contribution in [3.63, 3.8) is 0 Å². The van der Waals surface area contributed by atoms with Gasteiger partial charge in [-0.1, -0.05) is 0 Å². The highest BCUT2D eigenvalue weighted by Crippen LogP contribution is 2.56. The van der Waals surface area contributed by atoms with Crippen molar-refractivity contribution in [1.29, 1.82) is 0 Å². The summed E-state index contributed by atoms with van der Waals surface area (Å²) in [5.74, 6) is -35.8. The van der Waals surface area contributed by atoms with Gasteiger partial charge in [0.2, 0.25) is 35.4 Å². The fourth-order valence-electron chi connectivity index (χ4n) is 7.86. The zero-order chi connectivity index (χ0) is 58.0. The first kappa shape index (κ1) is 53.8. The number of rotatable bonds is 9. The number of cyclic esters (lactones) is 1. The smallest absolute Gasteiger partial charge is 0.340 e. The van der Waals surface area contributed by atoms with Gasteiger partial charge >= 0.3 is 35.8 Å². The second-order valence-corrected chi connectivity index (χ2v) is 16.6. The zero-order valence-corrected chi connectivity index (χ0v) is 38.6. The van der Waals surface area contributed by atoms with Crippen molar-refractivity contribution in [2.24, 2.45) is 0 Å². The van der Waals surface area contributed by atoms with E-state index >= 15 is 0 Å². The zero-order valence-electron chi connectivity index (χ0n) is 38.6. The fraction of sp³-hybridized carbons (Fsp3) is 0.125. The van der Waals surface area contributed by atoms with Gasteiger partial charge in [-0.25, -0.2) is 28.8 Å². The number of hydrogen-bond donors (Lipinski definition) is 18. The lowest BCUT2D eigenvalue weighted by Crippen LogP contribution is -2.63. The molecule has 0 unspecified atom stereocenters. The lowest BCUT2D eigenvalue weighted by molar-refractivity contribution is -0.282. The van der Waals surface area contributed by atoms with E-state index in [0.29, 0.717) is 54.6 Å². The number of benzene rings is 6. The largest absolute Gasteiger partial charge is 0.504 e. The molecule has 0 radical (unpaired) electrons. The highest BCUT2D eigenvalue weighted by Gasteiger charge is 2.55. The van der Waals surface area contributed by atoms with E-state index in [1.54, 1.807) is 0 Å². The summed E-state index contributed by atoms with van der Waals surface area (Å²) >= 11 is 0. The van der Waals surface area contributed by atoms with Crippen LogP contribution in [0.15, 0.2) is 54.6 Å². The number of carboxylic acids is 1. The van der Waals surface area contributed by atoms with Gasteiger partial charge in [0, 0.05) is 17.2 Å². The molecule has 31 heteroatoms. The molecular formula is C48H34O31. The highest BCUT2D eigenvalue weighted by atomic mass is 16.7. The number of carbonyl (C=O) groups is 6. The molecule has 1 fully saturated rings. The van der Waals surface area contributed by atoms with E-state index < -0.39 is 227 Å². The van der Waals surface area contributed by atoms with Crippen molar-refractivity contribution in [3.8, 4) is 120 Å². The summed E-state index contributed by atoms with van der Waals surface area (Å²) in [6.45, 7) is -1.40. The van der Waals surface area contributed by atoms with Gasteiger partial charge < -0.3 is 125 Å². The first-order valence-electron chi connectivity index (χ1n) is 21.6. The average molecular weight is 1110 g/mol. The minimum atomic E-state index is -2.66. The van der Waals surface area contributed by atoms with E-state index in [4.69, 9.17) is 33.2 Å². The Labute approximate surface area is 434 Å². The third-order valence-electron chi connectivity index (χ3n) is 11.7. The van der Waals surface area contributed by atoms with Gasteiger partial charge in [0.1, 0.15) is 18.3 Å². The standard InChI is InChI=1S/C48H34O31/c49-17-1-11(2-18(50)29(17)58)43(68)77-40-39-26(74-48(79-45(70)13-5-21(53)31(60)22(54)6-13)41(40)78-44(69)12-3-19(51)30(59)20(52)4-12)10-73-46(71)14-8-25(57)38(75-37-16(42(66)67)9-24(56)33(62)36(37)65)35(64)28(14)27-15(47(72)76-39)7-23(55)32(61)34(27)63/h1-9,26,39-41,48-65H,10H2,(H,66,67)/t26-,39-,40+,41-,48+/m1/s1. The summed E-state index contributed by atoms with van der Waals surface area (Å²) in [7, 11) is 0. The molecule has 0 aliphatic carbocycles. The molecule has 0 bridgehead atoms. The first-order chi connectivity index (χ1) is 37.1. The molecule has 8 rings (SSSR count). The van der Waals surface area contributed by atoms with Gasteiger partial charge in [0.05, 0.1) is 27.8 Å². The van der Waals surface area contributed by atoms with Crippen LogP contribution in [0.4, 0.5) is 0 Å². The Morgan fingerprint density at radius 2 is 0.835 bits per heavy atom. The van der Waals surface area contributed by atoms with E-state index in [1.165, 1.54) is 0 Å². The number of ether oxygens (including phenoxy) is 7. The van der Waals surface area contributed by atoms with Crippen molar-refractivity contribution in [2.75, 3.05) is 6.61 Å². The number of fused-ring (bicyclic) bond motifs is 4. The van der Waals surface area contributed by atoms with E-state index in [-0.39, 0.29) is 0 Å². The number of esters is 5. The first-order valence-corrected chi connectivity index (χ1v) is 21.6. The monoisotopic (exact) mass is 1110 g/mol. The lowest BCUT2D eigenvalue weighted by atomic mass is 9.91.